The molecule has 1 amide bonds. The predicted octanol–water partition coefficient (Wildman–Crippen LogP) is 1.04. The number of rotatable bonds is 2. The molecule has 3 atom stereocenters. The molecule has 2 aliphatic heterocycles. The van der Waals surface area contributed by atoms with Gasteiger partial charge in [0.15, 0.2) is 0 Å². The molecule has 3 heterocycles. The number of likely N-dealkylation sites (tertiary alicyclic amines) is 1. The molecule has 1 aromatic rings. The molecule has 0 saturated carbocycles. The Bertz CT molecular complexity index is 477. The molecule has 2 fully saturated rings. The fraction of sp³-hybridized carbons (Fsp3) is 0.714. The Morgan fingerprint density at radius 1 is 1.47 bits per heavy atom. The lowest BCUT2D eigenvalue weighted by Gasteiger charge is -2.27. The monoisotopic (exact) mass is 263 g/mol. The number of hydrogen-bond acceptors (Lipinski definition) is 4. The smallest absolute Gasteiger partial charge is 0.227 e. The van der Waals surface area contributed by atoms with Crippen molar-refractivity contribution in [3.63, 3.8) is 0 Å². The number of carbonyl (C=O) groups excluding carboxylic acids is 1. The average Bonchev–Trinajstić information content (AvgIpc) is 2.99. The average molecular weight is 263 g/mol. The van der Waals surface area contributed by atoms with Crippen molar-refractivity contribution >= 4 is 5.91 Å². The zero-order valence-corrected chi connectivity index (χ0v) is 11.8. The maximum Gasteiger partial charge on any atom is 0.227 e. The van der Waals surface area contributed by atoms with E-state index < -0.39 is 0 Å². The summed E-state index contributed by atoms with van der Waals surface area (Å²) in [5.74, 6) is 1.60. The first-order chi connectivity index (χ1) is 9.08. The summed E-state index contributed by atoms with van der Waals surface area (Å²) in [6.07, 6.45) is 1.53. The zero-order valence-electron chi connectivity index (χ0n) is 11.8. The van der Waals surface area contributed by atoms with Crippen molar-refractivity contribution in [3.8, 4) is 0 Å². The molecule has 104 valence electrons. The lowest BCUT2D eigenvalue weighted by Crippen LogP contribution is -2.43. The number of nitrogens with one attached hydrogen (secondary N) is 1. The van der Waals surface area contributed by atoms with Crippen LogP contribution in [-0.4, -0.2) is 41.1 Å². The van der Waals surface area contributed by atoms with Crippen LogP contribution in [0, 0.1) is 19.8 Å². The van der Waals surface area contributed by atoms with Crippen molar-refractivity contribution in [1.82, 2.24) is 15.4 Å². The van der Waals surface area contributed by atoms with Crippen molar-refractivity contribution in [2.24, 2.45) is 5.92 Å². The van der Waals surface area contributed by atoms with Crippen molar-refractivity contribution in [1.29, 1.82) is 0 Å². The first-order valence-electron chi connectivity index (χ1n) is 7.01. The number of aromatic nitrogens is 1. The number of aryl methyl sites for hydroxylation is 2. The summed E-state index contributed by atoms with van der Waals surface area (Å²) in [5, 5.41) is 7.31. The largest absolute Gasteiger partial charge is 0.361 e. The van der Waals surface area contributed by atoms with Crippen molar-refractivity contribution in [2.75, 3.05) is 13.1 Å². The van der Waals surface area contributed by atoms with Crippen molar-refractivity contribution < 1.29 is 9.32 Å². The molecule has 5 heteroatoms. The highest BCUT2D eigenvalue weighted by atomic mass is 16.5. The predicted molar refractivity (Wildman–Crippen MR) is 70.8 cm³/mol. The molecule has 0 aliphatic carbocycles. The molecule has 3 rings (SSSR count). The van der Waals surface area contributed by atoms with Crippen LogP contribution in [0.1, 0.15) is 30.4 Å². The standard InChI is InChI=1S/C14H21N3O2/c1-8-4-11-6-15-7-13(11)17(8)14(18)5-12-9(2)16-19-10(12)3/h8,11,13,15H,4-7H2,1-3H3. The minimum Gasteiger partial charge on any atom is -0.361 e. The lowest BCUT2D eigenvalue weighted by molar-refractivity contribution is -0.133. The highest BCUT2D eigenvalue weighted by Gasteiger charge is 2.43. The summed E-state index contributed by atoms with van der Waals surface area (Å²) >= 11 is 0. The molecule has 0 spiro atoms. The quantitative estimate of drug-likeness (QED) is 0.866. The SMILES string of the molecule is Cc1noc(C)c1CC(=O)N1C(C)CC2CNCC21. The summed E-state index contributed by atoms with van der Waals surface area (Å²) in [5.41, 5.74) is 1.78. The van der Waals surface area contributed by atoms with Gasteiger partial charge in [0.05, 0.1) is 12.1 Å². The fourth-order valence-electron chi connectivity index (χ4n) is 3.59. The molecule has 0 bridgehead atoms. The highest BCUT2D eigenvalue weighted by Crippen LogP contribution is 2.32. The molecule has 1 aromatic heterocycles. The van der Waals surface area contributed by atoms with Crippen LogP contribution >= 0.6 is 0 Å². The third-order valence-corrected chi connectivity index (χ3v) is 4.58. The lowest BCUT2D eigenvalue weighted by atomic mass is 10.0. The molecule has 19 heavy (non-hydrogen) atoms. The first kappa shape index (κ1) is 12.7. The zero-order chi connectivity index (χ0) is 13.6. The second kappa shape index (κ2) is 4.63. The van der Waals surface area contributed by atoms with Crippen LogP contribution in [0.15, 0.2) is 4.52 Å². The van der Waals surface area contributed by atoms with E-state index in [4.69, 9.17) is 4.52 Å². The maximum atomic E-state index is 12.6. The summed E-state index contributed by atoms with van der Waals surface area (Å²) in [7, 11) is 0. The van der Waals surface area contributed by atoms with E-state index in [-0.39, 0.29) is 5.91 Å². The molecule has 0 radical (unpaired) electrons. The Morgan fingerprint density at radius 3 is 2.95 bits per heavy atom. The Morgan fingerprint density at radius 2 is 2.26 bits per heavy atom. The molecule has 2 saturated heterocycles. The number of amides is 1. The van der Waals surface area contributed by atoms with Gasteiger partial charge in [-0.1, -0.05) is 5.16 Å². The second-order valence-electron chi connectivity index (χ2n) is 5.85. The van der Waals surface area contributed by atoms with E-state index in [9.17, 15) is 4.79 Å². The maximum absolute atomic E-state index is 12.6. The van der Waals surface area contributed by atoms with E-state index in [1.807, 2.05) is 13.8 Å². The molecule has 0 aromatic carbocycles. The normalized spacial score (nSPS) is 29.8. The molecule has 2 aliphatic rings. The van der Waals surface area contributed by atoms with Gasteiger partial charge in [0, 0.05) is 30.7 Å². The molecule has 1 N–H and O–H groups in total. The van der Waals surface area contributed by atoms with Gasteiger partial charge in [-0.25, -0.2) is 0 Å². The summed E-state index contributed by atoms with van der Waals surface area (Å²) in [4.78, 5) is 14.7. The van der Waals surface area contributed by atoms with Gasteiger partial charge in [-0.3, -0.25) is 4.79 Å². The molecular weight excluding hydrogens is 242 g/mol. The van der Waals surface area contributed by atoms with Gasteiger partial charge in [0.25, 0.3) is 0 Å². The third kappa shape index (κ3) is 2.06. The number of nitrogens with zero attached hydrogens (tertiary/aromatic N) is 2. The Labute approximate surface area is 113 Å². The number of hydrogen-bond donors (Lipinski definition) is 1. The minimum atomic E-state index is 0.207. The topological polar surface area (TPSA) is 58.4 Å². The number of fused-ring (bicyclic) bond motifs is 1. The van der Waals surface area contributed by atoms with Gasteiger partial charge >= 0.3 is 0 Å². The second-order valence-corrected chi connectivity index (χ2v) is 5.85. The number of carbonyl (C=O) groups is 1. The van der Waals surface area contributed by atoms with E-state index in [0.29, 0.717) is 24.4 Å². The first-order valence-corrected chi connectivity index (χ1v) is 7.01. The Hall–Kier alpha value is -1.36. The van der Waals surface area contributed by atoms with Gasteiger partial charge < -0.3 is 14.7 Å². The summed E-state index contributed by atoms with van der Waals surface area (Å²) < 4.78 is 5.14. The third-order valence-electron chi connectivity index (χ3n) is 4.58. The van der Waals surface area contributed by atoms with E-state index in [1.54, 1.807) is 0 Å². The Kier molecular flexibility index (Phi) is 3.09. The van der Waals surface area contributed by atoms with Crippen LogP contribution in [0.3, 0.4) is 0 Å². The molecular formula is C14H21N3O2. The minimum absolute atomic E-state index is 0.207. The van der Waals surface area contributed by atoms with E-state index in [0.717, 1.165) is 36.5 Å². The van der Waals surface area contributed by atoms with E-state index in [1.165, 1.54) is 0 Å². The van der Waals surface area contributed by atoms with Gasteiger partial charge in [-0.2, -0.15) is 0 Å². The fourth-order valence-corrected chi connectivity index (χ4v) is 3.59. The van der Waals surface area contributed by atoms with Crippen LogP contribution < -0.4 is 5.32 Å². The van der Waals surface area contributed by atoms with E-state index in [2.05, 4.69) is 22.3 Å². The van der Waals surface area contributed by atoms with Gasteiger partial charge in [-0.05, 0) is 33.1 Å². The van der Waals surface area contributed by atoms with Crippen LogP contribution in [0.5, 0.6) is 0 Å². The van der Waals surface area contributed by atoms with Crippen molar-refractivity contribution in [2.45, 2.75) is 45.7 Å². The van der Waals surface area contributed by atoms with Gasteiger partial charge in [-0.15, -0.1) is 0 Å². The van der Waals surface area contributed by atoms with Gasteiger partial charge in [0.1, 0.15) is 5.76 Å². The Balaban J connectivity index is 1.77. The van der Waals surface area contributed by atoms with Crippen LogP contribution in [0.4, 0.5) is 0 Å². The molecule has 5 nitrogen and oxygen atoms in total. The van der Waals surface area contributed by atoms with Crippen LogP contribution in [0.25, 0.3) is 0 Å². The van der Waals surface area contributed by atoms with Gasteiger partial charge in [0.2, 0.25) is 5.91 Å². The van der Waals surface area contributed by atoms with Crippen LogP contribution in [0.2, 0.25) is 0 Å². The summed E-state index contributed by atoms with van der Waals surface area (Å²) in [6, 6.07) is 0.730. The van der Waals surface area contributed by atoms with Crippen molar-refractivity contribution in [3.05, 3.63) is 17.0 Å². The molecule has 3 unspecified atom stereocenters. The summed E-state index contributed by atoms with van der Waals surface area (Å²) in [6.45, 7) is 7.90. The van der Waals surface area contributed by atoms with E-state index >= 15 is 0 Å². The van der Waals surface area contributed by atoms with Crippen LogP contribution in [-0.2, 0) is 11.2 Å². The highest BCUT2D eigenvalue weighted by molar-refractivity contribution is 5.80.